The van der Waals surface area contributed by atoms with Crippen LogP contribution in [0.2, 0.25) is 0 Å². The Bertz CT molecular complexity index is 949. The summed E-state index contributed by atoms with van der Waals surface area (Å²) in [4.78, 5) is 16.9. The minimum Gasteiger partial charge on any atom is -0.496 e. The molecule has 1 atom stereocenters. The SMILES string of the molecule is COC(=O)c1ccc(SC(Cn2ccnc2)c2c(OC)cc(OC)cc2OC)cc1. The minimum atomic E-state index is -0.361. The first-order valence-electron chi connectivity index (χ1n) is 9.20. The number of carbonyl (C=O) groups is 1. The van der Waals surface area contributed by atoms with Gasteiger partial charge in [0.25, 0.3) is 0 Å². The monoisotopic (exact) mass is 428 g/mol. The summed E-state index contributed by atoms with van der Waals surface area (Å²) in [5.74, 6) is 1.64. The number of esters is 1. The molecule has 30 heavy (non-hydrogen) atoms. The number of hydrogen-bond acceptors (Lipinski definition) is 7. The number of nitrogens with zero attached hydrogens (tertiary/aromatic N) is 2. The summed E-state index contributed by atoms with van der Waals surface area (Å²) in [5.41, 5.74) is 1.42. The normalized spacial score (nSPS) is 11.6. The topological polar surface area (TPSA) is 71.8 Å². The lowest BCUT2D eigenvalue weighted by Gasteiger charge is -2.23. The molecule has 1 unspecified atom stereocenters. The van der Waals surface area contributed by atoms with Gasteiger partial charge in [0.1, 0.15) is 17.2 Å². The van der Waals surface area contributed by atoms with Crippen molar-refractivity contribution >= 4 is 17.7 Å². The molecule has 0 radical (unpaired) electrons. The second-order valence-corrected chi connectivity index (χ2v) is 7.60. The molecule has 158 valence electrons. The molecule has 0 spiro atoms. The van der Waals surface area contributed by atoms with Gasteiger partial charge in [-0.25, -0.2) is 9.78 Å². The van der Waals surface area contributed by atoms with Gasteiger partial charge >= 0.3 is 5.97 Å². The summed E-state index contributed by atoms with van der Waals surface area (Å²) < 4.78 is 23.5. The van der Waals surface area contributed by atoms with Crippen molar-refractivity contribution in [1.29, 1.82) is 0 Å². The largest absolute Gasteiger partial charge is 0.496 e. The number of rotatable bonds is 9. The Morgan fingerprint density at radius 3 is 2.20 bits per heavy atom. The van der Waals surface area contributed by atoms with E-state index in [1.54, 1.807) is 57.7 Å². The molecular weight excluding hydrogens is 404 g/mol. The van der Waals surface area contributed by atoms with Crippen LogP contribution in [0.15, 0.2) is 60.0 Å². The Morgan fingerprint density at radius 2 is 1.70 bits per heavy atom. The maximum absolute atomic E-state index is 11.7. The quantitative estimate of drug-likeness (QED) is 0.373. The van der Waals surface area contributed by atoms with E-state index in [9.17, 15) is 4.79 Å². The number of carbonyl (C=O) groups excluding carboxylic acids is 1. The van der Waals surface area contributed by atoms with Crippen molar-refractivity contribution in [3.8, 4) is 17.2 Å². The lowest BCUT2D eigenvalue weighted by Crippen LogP contribution is -2.09. The average molecular weight is 429 g/mol. The van der Waals surface area contributed by atoms with Gasteiger partial charge in [-0.05, 0) is 24.3 Å². The molecule has 0 saturated heterocycles. The number of thioether (sulfide) groups is 1. The van der Waals surface area contributed by atoms with Crippen LogP contribution >= 0.6 is 11.8 Å². The Labute approximate surface area is 179 Å². The third-order valence-corrected chi connectivity index (χ3v) is 5.78. The van der Waals surface area contributed by atoms with E-state index in [0.29, 0.717) is 29.4 Å². The molecule has 7 nitrogen and oxygen atoms in total. The number of benzene rings is 2. The first-order chi connectivity index (χ1) is 14.6. The van der Waals surface area contributed by atoms with E-state index in [0.717, 1.165) is 10.5 Å². The van der Waals surface area contributed by atoms with E-state index < -0.39 is 0 Å². The summed E-state index contributed by atoms with van der Waals surface area (Å²) in [5, 5.41) is -0.0565. The Balaban J connectivity index is 2.00. The van der Waals surface area contributed by atoms with Gasteiger partial charge in [-0.1, -0.05) is 0 Å². The van der Waals surface area contributed by atoms with Crippen molar-refractivity contribution in [3.05, 3.63) is 66.2 Å². The molecule has 0 saturated carbocycles. The van der Waals surface area contributed by atoms with Crippen molar-refractivity contribution in [2.24, 2.45) is 0 Å². The van der Waals surface area contributed by atoms with E-state index in [1.807, 2.05) is 35.0 Å². The lowest BCUT2D eigenvalue weighted by atomic mass is 10.1. The molecule has 1 aromatic heterocycles. The zero-order valence-corrected chi connectivity index (χ0v) is 18.1. The molecule has 3 aromatic rings. The zero-order chi connectivity index (χ0) is 21.5. The molecule has 2 aromatic carbocycles. The molecule has 3 rings (SSSR count). The predicted molar refractivity (Wildman–Crippen MR) is 115 cm³/mol. The Hall–Kier alpha value is -3.13. The first kappa shape index (κ1) is 21.6. The number of hydrogen-bond donors (Lipinski definition) is 0. The fourth-order valence-corrected chi connectivity index (χ4v) is 4.29. The van der Waals surface area contributed by atoms with Crippen LogP contribution in [-0.2, 0) is 11.3 Å². The van der Waals surface area contributed by atoms with Gasteiger partial charge < -0.3 is 23.5 Å². The van der Waals surface area contributed by atoms with Crippen LogP contribution in [0, 0.1) is 0 Å². The van der Waals surface area contributed by atoms with Gasteiger partial charge in [0, 0.05) is 36.0 Å². The standard InChI is InChI=1S/C22H24N2O5S/c1-26-16-11-18(27-2)21(19(12-16)28-3)20(13-24-10-9-23-14-24)30-17-7-5-15(6-8-17)22(25)29-4/h5-12,14,20H,13H2,1-4H3. The van der Waals surface area contributed by atoms with Gasteiger partial charge in [-0.15, -0.1) is 11.8 Å². The van der Waals surface area contributed by atoms with Gasteiger partial charge in [-0.3, -0.25) is 0 Å². The van der Waals surface area contributed by atoms with Crippen LogP contribution in [0.1, 0.15) is 21.2 Å². The highest BCUT2D eigenvalue weighted by atomic mass is 32.2. The Morgan fingerprint density at radius 1 is 1.03 bits per heavy atom. The molecular formula is C22H24N2O5S. The fraction of sp³-hybridized carbons (Fsp3) is 0.273. The van der Waals surface area contributed by atoms with Gasteiger partial charge in [0.05, 0.1) is 51.1 Å². The maximum atomic E-state index is 11.7. The number of aromatic nitrogens is 2. The number of ether oxygens (including phenoxy) is 4. The second-order valence-electron chi connectivity index (χ2n) is 6.33. The van der Waals surface area contributed by atoms with E-state index in [-0.39, 0.29) is 11.2 Å². The van der Waals surface area contributed by atoms with Crippen LogP contribution < -0.4 is 14.2 Å². The van der Waals surface area contributed by atoms with Crippen molar-refractivity contribution in [2.45, 2.75) is 16.7 Å². The van der Waals surface area contributed by atoms with E-state index in [4.69, 9.17) is 18.9 Å². The minimum absolute atomic E-state index is 0.0565. The van der Waals surface area contributed by atoms with E-state index in [2.05, 4.69) is 4.98 Å². The molecule has 0 bridgehead atoms. The molecule has 0 aliphatic carbocycles. The molecule has 0 aliphatic heterocycles. The highest BCUT2D eigenvalue weighted by Gasteiger charge is 2.24. The molecule has 0 N–H and O–H groups in total. The maximum Gasteiger partial charge on any atom is 0.337 e. The van der Waals surface area contributed by atoms with Crippen molar-refractivity contribution in [2.75, 3.05) is 28.4 Å². The van der Waals surface area contributed by atoms with Crippen LogP contribution in [0.4, 0.5) is 0 Å². The number of methoxy groups -OCH3 is 4. The highest BCUT2D eigenvalue weighted by molar-refractivity contribution is 7.99. The summed E-state index contributed by atoms with van der Waals surface area (Å²) >= 11 is 1.64. The summed E-state index contributed by atoms with van der Waals surface area (Å²) in [6.07, 6.45) is 5.43. The van der Waals surface area contributed by atoms with Gasteiger partial charge in [-0.2, -0.15) is 0 Å². The smallest absolute Gasteiger partial charge is 0.337 e. The molecule has 1 heterocycles. The van der Waals surface area contributed by atoms with Crippen LogP contribution in [0.5, 0.6) is 17.2 Å². The second kappa shape index (κ2) is 10.1. The fourth-order valence-electron chi connectivity index (χ4n) is 3.08. The van der Waals surface area contributed by atoms with Gasteiger partial charge in [0.15, 0.2) is 0 Å². The third-order valence-electron chi connectivity index (χ3n) is 4.56. The molecule has 0 aliphatic rings. The van der Waals surface area contributed by atoms with Crippen molar-refractivity contribution in [1.82, 2.24) is 9.55 Å². The predicted octanol–water partition coefficient (Wildman–Crippen LogP) is 4.23. The summed E-state index contributed by atoms with van der Waals surface area (Å²) in [7, 11) is 6.23. The average Bonchev–Trinajstić information content (AvgIpc) is 3.30. The first-order valence-corrected chi connectivity index (χ1v) is 10.1. The highest BCUT2D eigenvalue weighted by Crippen LogP contribution is 2.46. The van der Waals surface area contributed by atoms with Gasteiger partial charge in [0.2, 0.25) is 0 Å². The van der Waals surface area contributed by atoms with Crippen LogP contribution in [0.3, 0.4) is 0 Å². The molecule has 8 heteroatoms. The van der Waals surface area contributed by atoms with Crippen molar-refractivity contribution < 1.29 is 23.7 Å². The van der Waals surface area contributed by atoms with Crippen LogP contribution in [0.25, 0.3) is 0 Å². The summed E-state index contributed by atoms with van der Waals surface area (Å²) in [6.45, 7) is 0.641. The number of imidazole rings is 1. The van der Waals surface area contributed by atoms with Crippen molar-refractivity contribution in [3.63, 3.8) is 0 Å². The Kier molecular flexibility index (Phi) is 7.24. The third kappa shape index (κ3) is 4.88. The lowest BCUT2D eigenvalue weighted by molar-refractivity contribution is 0.0600. The molecule has 0 fully saturated rings. The van der Waals surface area contributed by atoms with Crippen LogP contribution in [-0.4, -0.2) is 44.0 Å². The van der Waals surface area contributed by atoms with E-state index >= 15 is 0 Å². The molecule has 0 amide bonds. The van der Waals surface area contributed by atoms with E-state index in [1.165, 1.54) is 7.11 Å². The zero-order valence-electron chi connectivity index (χ0n) is 17.3. The summed E-state index contributed by atoms with van der Waals surface area (Å²) in [6, 6.07) is 11.0.